The zero-order valence-corrected chi connectivity index (χ0v) is 17.2. The van der Waals surface area contributed by atoms with Crippen LogP contribution in [0.3, 0.4) is 0 Å². The van der Waals surface area contributed by atoms with Gasteiger partial charge in [0, 0.05) is 18.7 Å². The van der Waals surface area contributed by atoms with E-state index in [4.69, 9.17) is 4.74 Å². The van der Waals surface area contributed by atoms with Crippen LogP contribution in [-0.4, -0.2) is 36.8 Å². The van der Waals surface area contributed by atoms with Gasteiger partial charge in [-0.2, -0.15) is 11.3 Å². The maximum Gasteiger partial charge on any atom is 0.251 e. The van der Waals surface area contributed by atoms with Gasteiger partial charge in [0.05, 0.1) is 19.3 Å². The van der Waals surface area contributed by atoms with E-state index >= 15 is 0 Å². The van der Waals surface area contributed by atoms with Crippen LogP contribution in [0.1, 0.15) is 21.5 Å². The van der Waals surface area contributed by atoms with E-state index in [2.05, 4.69) is 10.6 Å². The summed E-state index contributed by atoms with van der Waals surface area (Å²) in [5.41, 5.74) is 2.75. The predicted octanol–water partition coefficient (Wildman–Crippen LogP) is 3.25. The molecule has 3 rings (SSSR count). The summed E-state index contributed by atoms with van der Waals surface area (Å²) >= 11 is 1.61. The monoisotopic (exact) mass is 410 g/mol. The van der Waals surface area contributed by atoms with Crippen molar-refractivity contribution in [2.75, 3.05) is 13.7 Å². The first-order valence-electron chi connectivity index (χ1n) is 9.54. The van der Waals surface area contributed by atoms with Gasteiger partial charge in [0.25, 0.3) is 5.91 Å². The van der Waals surface area contributed by atoms with Crippen LogP contribution < -0.4 is 15.4 Å². The Morgan fingerprint density at radius 1 is 1.10 bits per heavy atom. The highest BCUT2D eigenvalue weighted by Crippen LogP contribution is 2.13. The van der Waals surface area contributed by atoms with E-state index in [1.54, 1.807) is 30.6 Å². The van der Waals surface area contributed by atoms with Gasteiger partial charge in [0.15, 0.2) is 0 Å². The van der Waals surface area contributed by atoms with Crippen LogP contribution in [0.25, 0.3) is 0 Å². The van der Waals surface area contributed by atoms with E-state index in [9.17, 15) is 9.90 Å². The van der Waals surface area contributed by atoms with E-state index in [1.165, 1.54) is 0 Å². The zero-order chi connectivity index (χ0) is 20.5. The number of methoxy groups -OCH3 is 1. The number of thiophene rings is 1. The molecule has 0 spiro atoms. The Hall–Kier alpha value is -2.67. The number of benzene rings is 2. The standard InChI is InChI=1S/C23H26N2O3S/c1-28-20-9-5-6-17(12-20)14-24-15-22(26)21(13-18-10-11-29-16-18)25-23(27)19-7-3-2-4-8-19/h2-12,16,21-22,24,26H,13-15H2,1H3,(H,25,27)/t21-,22+/m0/s1. The van der Waals surface area contributed by atoms with Crippen molar-refractivity contribution < 1.29 is 14.6 Å². The van der Waals surface area contributed by atoms with Gasteiger partial charge in [-0.25, -0.2) is 0 Å². The van der Waals surface area contributed by atoms with Crippen molar-refractivity contribution in [3.05, 3.63) is 88.1 Å². The Kier molecular flexibility index (Phi) is 7.81. The van der Waals surface area contributed by atoms with Crippen molar-refractivity contribution >= 4 is 17.2 Å². The molecular formula is C23H26N2O3S. The summed E-state index contributed by atoms with van der Waals surface area (Å²) in [5, 5.41) is 21.1. The van der Waals surface area contributed by atoms with Crippen molar-refractivity contribution in [2.24, 2.45) is 0 Å². The molecule has 0 aliphatic heterocycles. The predicted molar refractivity (Wildman–Crippen MR) is 116 cm³/mol. The number of carbonyl (C=O) groups is 1. The Bertz CT molecular complexity index is 884. The lowest BCUT2D eigenvalue weighted by Crippen LogP contribution is -2.48. The van der Waals surface area contributed by atoms with E-state index in [1.807, 2.05) is 59.3 Å². The zero-order valence-electron chi connectivity index (χ0n) is 16.4. The van der Waals surface area contributed by atoms with E-state index in [0.717, 1.165) is 16.9 Å². The largest absolute Gasteiger partial charge is 0.497 e. The van der Waals surface area contributed by atoms with Gasteiger partial charge in [-0.3, -0.25) is 4.79 Å². The number of rotatable bonds is 10. The van der Waals surface area contributed by atoms with E-state index < -0.39 is 12.1 Å². The molecule has 6 heteroatoms. The third-order valence-electron chi connectivity index (χ3n) is 4.67. The van der Waals surface area contributed by atoms with E-state index in [0.29, 0.717) is 25.1 Å². The Labute approximate surface area is 175 Å². The topological polar surface area (TPSA) is 70.6 Å². The second kappa shape index (κ2) is 10.8. The molecule has 3 N–H and O–H groups in total. The number of hydrogen-bond donors (Lipinski definition) is 3. The molecule has 0 radical (unpaired) electrons. The Balaban J connectivity index is 1.60. The first kappa shape index (κ1) is 21.0. The van der Waals surface area contributed by atoms with Crippen molar-refractivity contribution in [3.63, 3.8) is 0 Å². The minimum absolute atomic E-state index is 0.183. The normalized spacial score (nSPS) is 12.9. The SMILES string of the molecule is COc1cccc(CNC[C@@H](O)[C@H](Cc2ccsc2)NC(=O)c2ccccc2)c1. The van der Waals surface area contributed by atoms with Gasteiger partial charge in [-0.15, -0.1) is 0 Å². The average Bonchev–Trinajstić information content (AvgIpc) is 3.27. The van der Waals surface area contributed by atoms with Crippen LogP contribution in [0.15, 0.2) is 71.4 Å². The summed E-state index contributed by atoms with van der Waals surface area (Å²) in [6.07, 6.45) is -0.155. The Morgan fingerprint density at radius 3 is 2.66 bits per heavy atom. The third-order valence-corrected chi connectivity index (χ3v) is 5.40. The van der Waals surface area contributed by atoms with Crippen molar-refractivity contribution in [1.29, 1.82) is 0 Å². The van der Waals surface area contributed by atoms with Gasteiger partial charge in [0.1, 0.15) is 5.75 Å². The second-order valence-corrected chi connectivity index (χ2v) is 7.61. The molecule has 0 saturated heterocycles. The number of ether oxygens (including phenoxy) is 1. The summed E-state index contributed by atoms with van der Waals surface area (Å²) in [7, 11) is 1.64. The number of carbonyl (C=O) groups excluding carboxylic acids is 1. The van der Waals surface area contributed by atoms with Gasteiger partial charge in [0.2, 0.25) is 0 Å². The maximum absolute atomic E-state index is 12.6. The molecule has 0 fully saturated rings. The average molecular weight is 411 g/mol. The molecule has 29 heavy (non-hydrogen) atoms. The van der Waals surface area contributed by atoms with Crippen LogP contribution in [0.2, 0.25) is 0 Å². The summed E-state index contributed by atoms with van der Waals surface area (Å²) in [6, 6.07) is 18.5. The van der Waals surface area contributed by atoms with Crippen LogP contribution in [0.5, 0.6) is 5.75 Å². The molecule has 0 saturated carbocycles. The quantitative estimate of drug-likeness (QED) is 0.480. The highest BCUT2D eigenvalue weighted by molar-refractivity contribution is 7.07. The lowest BCUT2D eigenvalue weighted by molar-refractivity contribution is 0.0830. The van der Waals surface area contributed by atoms with Crippen LogP contribution in [0, 0.1) is 0 Å². The molecule has 5 nitrogen and oxygen atoms in total. The lowest BCUT2D eigenvalue weighted by Gasteiger charge is -2.24. The first-order chi connectivity index (χ1) is 14.2. The van der Waals surface area contributed by atoms with Crippen LogP contribution in [0.4, 0.5) is 0 Å². The smallest absolute Gasteiger partial charge is 0.251 e. The molecule has 152 valence electrons. The van der Waals surface area contributed by atoms with Crippen molar-refractivity contribution in [1.82, 2.24) is 10.6 Å². The number of amides is 1. The summed E-state index contributed by atoms with van der Waals surface area (Å²) in [5.74, 6) is 0.619. The third kappa shape index (κ3) is 6.42. The fraction of sp³-hybridized carbons (Fsp3) is 0.261. The van der Waals surface area contributed by atoms with Crippen molar-refractivity contribution in [2.45, 2.75) is 25.1 Å². The van der Waals surface area contributed by atoms with E-state index in [-0.39, 0.29) is 5.91 Å². The minimum Gasteiger partial charge on any atom is -0.497 e. The molecule has 1 amide bonds. The van der Waals surface area contributed by atoms with Crippen LogP contribution in [-0.2, 0) is 13.0 Å². The molecular weight excluding hydrogens is 384 g/mol. The summed E-state index contributed by atoms with van der Waals surface area (Å²) in [4.78, 5) is 12.6. The fourth-order valence-corrected chi connectivity index (χ4v) is 3.76. The molecule has 0 aliphatic carbocycles. The highest BCUT2D eigenvalue weighted by Gasteiger charge is 2.22. The lowest BCUT2D eigenvalue weighted by atomic mass is 10.0. The number of aliphatic hydroxyl groups excluding tert-OH is 1. The van der Waals surface area contributed by atoms with Gasteiger partial charge in [-0.05, 0) is 58.6 Å². The molecule has 0 aliphatic rings. The number of hydrogen-bond acceptors (Lipinski definition) is 5. The summed E-state index contributed by atoms with van der Waals surface area (Å²) < 4.78 is 5.24. The summed E-state index contributed by atoms with van der Waals surface area (Å²) in [6.45, 7) is 0.965. The maximum atomic E-state index is 12.6. The molecule has 3 aromatic rings. The second-order valence-electron chi connectivity index (χ2n) is 6.83. The number of nitrogens with one attached hydrogen (secondary N) is 2. The molecule has 1 aromatic heterocycles. The molecule has 1 heterocycles. The molecule has 0 unspecified atom stereocenters. The minimum atomic E-state index is -0.729. The van der Waals surface area contributed by atoms with Gasteiger partial charge in [-0.1, -0.05) is 30.3 Å². The highest BCUT2D eigenvalue weighted by atomic mass is 32.1. The van der Waals surface area contributed by atoms with Gasteiger partial charge >= 0.3 is 0 Å². The molecule has 2 atom stereocenters. The Morgan fingerprint density at radius 2 is 1.93 bits per heavy atom. The van der Waals surface area contributed by atoms with Crippen LogP contribution >= 0.6 is 11.3 Å². The van der Waals surface area contributed by atoms with Gasteiger partial charge < -0.3 is 20.5 Å². The fourth-order valence-electron chi connectivity index (χ4n) is 3.08. The first-order valence-corrected chi connectivity index (χ1v) is 10.5. The molecule has 2 aromatic carbocycles. The van der Waals surface area contributed by atoms with Crippen molar-refractivity contribution in [3.8, 4) is 5.75 Å². The molecule has 0 bridgehead atoms. The number of aliphatic hydroxyl groups is 1.